The predicted octanol–water partition coefficient (Wildman–Crippen LogP) is 4.84. The SMILES string of the molecule is C/C(CCCO)=C1/COC(CC(C)C)/C1=C\C1N=C2OC1COC(=O)/C(CC(C)C)=C/C(=O)OC1C(OC(=O)C1(C)CO)/C(C)=C/Cc1ccc2[nH]1. The molecule has 1 aromatic rings. The normalized spacial score (nSPS) is 32.2. The van der Waals surface area contributed by atoms with Gasteiger partial charge in [-0.05, 0) is 93.2 Å². The van der Waals surface area contributed by atoms with Crippen LogP contribution in [0, 0.1) is 17.3 Å². The summed E-state index contributed by atoms with van der Waals surface area (Å²) in [6.07, 6.45) is 5.08. The maximum atomic E-state index is 13.7. The van der Waals surface area contributed by atoms with E-state index in [4.69, 9.17) is 28.7 Å². The molecule has 0 aliphatic carbocycles. The summed E-state index contributed by atoms with van der Waals surface area (Å²) in [4.78, 5) is 48.4. The third-order valence-electron chi connectivity index (χ3n) is 10.1. The van der Waals surface area contributed by atoms with Crippen LogP contribution in [0.4, 0.5) is 0 Å². The number of aliphatic hydroxyl groups excluding tert-OH is 2. The molecule has 0 radical (unpaired) electrons. The summed E-state index contributed by atoms with van der Waals surface area (Å²) in [5, 5.41) is 19.7. The van der Waals surface area contributed by atoms with E-state index in [1.54, 1.807) is 6.92 Å². The lowest BCUT2D eigenvalue weighted by Gasteiger charge is -2.27. The van der Waals surface area contributed by atoms with Crippen LogP contribution < -0.4 is 0 Å². The summed E-state index contributed by atoms with van der Waals surface area (Å²) < 4.78 is 30.1. The molecule has 12 heteroatoms. The molecule has 12 nitrogen and oxygen atoms in total. The van der Waals surface area contributed by atoms with Crippen LogP contribution in [0.1, 0.15) is 85.5 Å². The Balaban J connectivity index is 1.55. The average Bonchev–Trinajstić information content (AvgIpc) is 3.87. The van der Waals surface area contributed by atoms with Crippen LogP contribution >= 0.6 is 0 Å². The quantitative estimate of drug-likeness (QED) is 0.182. The number of nitrogens with one attached hydrogen (secondary N) is 1. The summed E-state index contributed by atoms with van der Waals surface area (Å²) in [6, 6.07) is 3.27. The number of aliphatic imine (C=N–C) groups is 1. The monoisotopic (exact) mass is 722 g/mol. The summed E-state index contributed by atoms with van der Waals surface area (Å²) in [5.74, 6) is -1.46. The van der Waals surface area contributed by atoms with E-state index >= 15 is 0 Å². The molecule has 0 aromatic carbocycles. The Labute approximate surface area is 306 Å². The number of rotatable bonds is 9. The Morgan fingerprint density at radius 3 is 2.56 bits per heavy atom. The first kappa shape index (κ1) is 39.2. The number of nitrogens with zero attached hydrogens (tertiary/aromatic N) is 1. The van der Waals surface area contributed by atoms with Crippen molar-refractivity contribution in [3.8, 4) is 0 Å². The third-order valence-corrected chi connectivity index (χ3v) is 10.1. The van der Waals surface area contributed by atoms with E-state index in [2.05, 4.69) is 31.8 Å². The maximum Gasteiger partial charge on any atom is 0.334 e. The first-order valence-corrected chi connectivity index (χ1v) is 18.4. The first-order valence-electron chi connectivity index (χ1n) is 18.4. The molecule has 0 amide bonds. The van der Waals surface area contributed by atoms with Crippen LogP contribution in [-0.2, 0) is 44.5 Å². The van der Waals surface area contributed by atoms with E-state index in [1.807, 2.05) is 32.1 Å². The number of ether oxygens (including phenoxy) is 5. The number of fused-ring (bicyclic) bond motifs is 6. The number of esters is 3. The molecular formula is C40H54N2O10. The van der Waals surface area contributed by atoms with Crippen molar-refractivity contribution in [2.45, 2.75) is 111 Å². The van der Waals surface area contributed by atoms with Gasteiger partial charge in [-0.3, -0.25) is 4.79 Å². The van der Waals surface area contributed by atoms with Crippen molar-refractivity contribution in [3.63, 3.8) is 0 Å². The second kappa shape index (κ2) is 16.8. The van der Waals surface area contributed by atoms with E-state index in [-0.39, 0.29) is 37.2 Å². The van der Waals surface area contributed by atoms with Crippen molar-refractivity contribution in [1.82, 2.24) is 4.98 Å². The molecule has 5 rings (SSSR count). The fraction of sp³-hybridized carbons (Fsp3) is 0.600. The van der Waals surface area contributed by atoms with Crippen molar-refractivity contribution in [1.29, 1.82) is 0 Å². The Kier molecular flexibility index (Phi) is 12.6. The summed E-state index contributed by atoms with van der Waals surface area (Å²) in [7, 11) is 0. The Bertz CT molecular complexity index is 1660. The Morgan fingerprint density at radius 1 is 1.10 bits per heavy atom. The van der Waals surface area contributed by atoms with Crippen LogP contribution in [0.5, 0.6) is 0 Å². The van der Waals surface area contributed by atoms with Gasteiger partial charge in [-0.2, -0.15) is 0 Å². The summed E-state index contributed by atoms with van der Waals surface area (Å²) >= 11 is 0. The number of carbonyl (C=O) groups excluding carboxylic acids is 3. The molecular weight excluding hydrogens is 668 g/mol. The zero-order valence-corrected chi connectivity index (χ0v) is 31.4. The van der Waals surface area contributed by atoms with E-state index in [0.717, 1.165) is 41.3 Å². The van der Waals surface area contributed by atoms with Gasteiger partial charge in [-0.25, -0.2) is 14.6 Å². The van der Waals surface area contributed by atoms with Gasteiger partial charge in [-0.1, -0.05) is 39.3 Å². The molecule has 2 saturated heterocycles. The van der Waals surface area contributed by atoms with E-state index in [1.165, 1.54) is 6.92 Å². The van der Waals surface area contributed by atoms with Gasteiger partial charge in [0.25, 0.3) is 0 Å². The first-order chi connectivity index (χ1) is 24.7. The van der Waals surface area contributed by atoms with Gasteiger partial charge < -0.3 is 38.9 Å². The van der Waals surface area contributed by atoms with Gasteiger partial charge in [0.2, 0.25) is 5.90 Å². The van der Waals surface area contributed by atoms with Crippen LogP contribution in [0.25, 0.3) is 0 Å². The fourth-order valence-electron chi connectivity index (χ4n) is 7.01. The van der Waals surface area contributed by atoms with Crippen molar-refractivity contribution < 1.29 is 48.3 Å². The van der Waals surface area contributed by atoms with Crippen LogP contribution in [0.3, 0.4) is 0 Å². The molecule has 4 aliphatic heterocycles. The highest BCUT2D eigenvalue weighted by atomic mass is 16.6. The second-order valence-corrected chi connectivity index (χ2v) is 15.4. The highest BCUT2D eigenvalue weighted by molar-refractivity contribution is 5.97. The van der Waals surface area contributed by atoms with Crippen LogP contribution in [0.15, 0.2) is 63.2 Å². The molecule has 6 unspecified atom stereocenters. The number of hydrogen-bond acceptors (Lipinski definition) is 11. The number of allylic oxidation sites excluding steroid dienone is 2. The zero-order valence-electron chi connectivity index (χ0n) is 31.4. The molecule has 6 atom stereocenters. The van der Waals surface area contributed by atoms with Crippen LogP contribution in [-0.4, -0.2) is 95.9 Å². The van der Waals surface area contributed by atoms with Crippen molar-refractivity contribution in [3.05, 3.63) is 69.6 Å². The predicted molar refractivity (Wildman–Crippen MR) is 193 cm³/mol. The largest absolute Gasteiger partial charge is 0.467 e. The van der Waals surface area contributed by atoms with Gasteiger partial charge in [0.15, 0.2) is 18.3 Å². The van der Waals surface area contributed by atoms with E-state index < -0.39 is 54.3 Å². The standard InChI is InChI=1S/C40H54N2O10/c1-22(2)15-26-17-34(45)51-36-35(52-39(47)40(36,7)21-44)25(6)10-11-27-12-13-30(41-27)37-42-31(33(50-37)20-49-38(26)46)18-28-29(24(5)9-8-14-43)19-48-32(28)16-23(3)4/h10,12-13,17-18,22-23,31-33,35-36,41,43-44H,8-9,11,14-16,19-21H2,1-7H3/b25-10+,26-17+,28-18-,29-24+. The molecule has 2 fully saturated rings. The zero-order chi connectivity index (χ0) is 37.7. The number of hydrogen-bond donors (Lipinski definition) is 3. The molecule has 5 heterocycles. The minimum Gasteiger partial charge on any atom is -0.467 e. The molecule has 3 N–H and O–H groups in total. The highest BCUT2D eigenvalue weighted by Crippen LogP contribution is 2.40. The van der Waals surface area contributed by atoms with Crippen molar-refractivity contribution in [2.75, 3.05) is 26.4 Å². The topological polar surface area (TPSA) is 166 Å². The molecule has 0 saturated carbocycles. The number of aliphatic hydroxyl groups is 2. The van der Waals surface area contributed by atoms with Crippen molar-refractivity contribution >= 4 is 23.8 Å². The number of H-pyrrole nitrogens is 1. The van der Waals surface area contributed by atoms with E-state index in [0.29, 0.717) is 42.5 Å². The number of carbonyl (C=O) groups is 3. The highest BCUT2D eigenvalue weighted by Gasteiger charge is 2.57. The van der Waals surface area contributed by atoms with Crippen LogP contribution in [0.2, 0.25) is 0 Å². The minimum absolute atomic E-state index is 0.00163. The summed E-state index contributed by atoms with van der Waals surface area (Å²) in [6.45, 7) is 13.3. The van der Waals surface area contributed by atoms with Gasteiger partial charge in [0.05, 0.1) is 19.3 Å². The molecule has 4 bridgehead atoms. The molecule has 4 aliphatic rings. The Morgan fingerprint density at radius 2 is 1.87 bits per heavy atom. The van der Waals surface area contributed by atoms with Gasteiger partial charge in [0.1, 0.15) is 23.8 Å². The molecule has 1 aromatic heterocycles. The lowest BCUT2D eigenvalue weighted by Crippen LogP contribution is -2.43. The fourth-order valence-corrected chi connectivity index (χ4v) is 7.01. The third kappa shape index (κ3) is 8.78. The lowest BCUT2D eigenvalue weighted by molar-refractivity contribution is -0.153. The molecule has 284 valence electrons. The Hall–Kier alpha value is -4.00. The average molecular weight is 723 g/mol. The minimum atomic E-state index is -1.49. The number of cyclic esters (lactones) is 1. The second-order valence-electron chi connectivity index (χ2n) is 15.4. The summed E-state index contributed by atoms with van der Waals surface area (Å²) in [5.41, 5.74) is 4.03. The molecule has 52 heavy (non-hydrogen) atoms. The number of aromatic nitrogens is 1. The van der Waals surface area contributed by atoms with Gasteiger partial charge in [-0.15, -0.1) is 0 Å². The van der Waals surface area contributed by atoms with Gasteiger partial charge in [0, 0.05) is 30.4 Å². The lowest BCUT2D eigenvalue weighted by atomic mass is 9.83. The van der Waals surface area contributed by atoms with Crippen molar-refractivity contribution in [2.24, 2.45) is 22.2 Å². The maximum absolute atomic E-state index is 13.7. The number of aromatic amines is 1. The molecule has 0 spiro atoms. The van der Waals surface area contributed by atoms with Gasteiger partial charge >= 0.3 is 17.9 Å². The smallest absolute Gasteiger partial charge is 0.334 e. The van der Waals surface area contributed by atoms with E-state index in [9.17, 15) is 24.6 Å².